The summed E-state index contributed by atoms with van der Waals surface area (Å²) in [5.74, 6) is -1.24. The summed E-state index contributed by atoms with van der Waals surface area (Å²) in [6, 6.07) is 12.7. The fourth-order valence-electron chi connectivity index (χ4n) is 3.29. The number of hydrogen-bond donors (Lipinski definition) is 0. The number of aromatic nitrogens is 3. The largest absolute Gasteiger partial charge is 0.336 e. The van der Waals surface area contributed by atoms with Gasteiger partial charge in [0.1, 0.15) is 18.0 Å². The molecule has 1 aliphatic heterocycles. The van der Waals surface area contributed by atoms with Crippen LogP contribution in [0.1, 0.15) is 22.8 Å². The van der Waals surface area contributed by atoms with E-state index in [0.29, 0.717) is 19.5 Å². The number of amides is 1. The van der Waals surface area contributed by atoms with Crippen molar-refractivity contribution in [2.24, 2.45) is 0 Å². The van der Waals surface area contributed by atoms with Gasteiger partial charge in [-0.05, 0) is 18.6 Å². The Kier molecular flexibility index (Phi) is 4.20. The first-order chi connectivity index (χ1) is 12.6. The third-order valence-electron chi connectivity index (χ3n) is 4.61. The van der Waals surface area contributed by atoms with Gasteiger partial charge in [-0.2, -0.15) is 0 Å². The van der Waals surface area contributed by atoms with E-state index in [-0.39, 0.29) is 11.6 Å². The van der Waals surface area contributed by atoms with Gasteiger partial charge < -0.3 is 9.47 Å². The van der Waals surface area contributed by atoms with Crippen LogP contribution in [0.3, 0.4) is 0 Å². The zero-order valence-electron chi connectivity index (χ0n) is 13.8. The first-order valence-corrected chi connectivity index (χ1v) is 8.33. The van der Waals surface area contributed by atoms with Crippen LogP contribution in [0.15, 0.2) is 54.9 Å². The highest BCUT2D eigenvalue weighted by Gasteiger charge is 2.30. The molecule has 2 heterocycles. The van der Waals surface area contributed by atoms with Crippen molar-refractivity contribution in [3.63, 3.8) is 0 Å². The normalized spacial score (nSPS) is 16.8. The van der Waals surface area contributed by atoms with Crippen molar-refractivity contribution >= 4 is 5.91 Å². The first-order valence-electron chi connectivity index (χ1n) is 8.33. The molecule has 132 valence electrons. The molecule has 3 aromatic rings. The molecule has 5 nitrogen and oxygen atoms in total. The van der Waals surface area contributed by atoms with Gasteiger partial charge in [-0.15, -0.1) is 10.2 Å². The molecule has 2 aromatic carbocycles. The van der Waals surface area contributed by atoms with Crippen LogP contribution in [0.4, 0.5) is 8.78 Å². The first kappa shape index (κ1) is 16.4. The summed E-state index contributed by atoms with van der Waals surface area (Å²) in [7, 11) is 0. The quantitative estimate of drug-likeness (QED) is 0.725. The average Bonchev–Trinajstić information content (AvgIpc) is 3.31. The number of carbonyl (C=O) groups excluding carboxylic acids is 1. The third kappa shape index (κ3) is 2.96. The van der Waals surface area contributed by atoms with Crippen molar-refractivity contribution in [2.45, 2.75) is 12.5 Å². The van der Waals surface area contributed by atoms with Crippen molar-refractivity contribution in [1.82, 2.24) is 19.7 Å². The fraction of sp³-hybridized carbons (Fsp3) is 0.211. The minimum atomic E-state index is -0.840. The van der Waals surface area contributed by atoms with Gasteiger partial charge in [-0.1, -0.05) is 30.3 Å². The van der Waals surface area contributed by atoms with Crippen LogP contribution < -0.4 is 0 Å². The topological polar surface area (TPSA) is 51.0 Å². The molecule has 4 rings (SSSR count). The van der Waals surface area contributed by atoms with E-state index in [0.717, 1.165) is 23.5 Å². The molecule has 0 aliphatic carbocycles. The number of nitrogens with zero attached hydrogens (tertiary/aromatic N) is 4. The fourth-order valence-corrected chi connectivity index (χ4v) is 3.29. The lowest BCUT2D eigenvalue weighted by atomic mass is 10.2. The van der Waals surface area contributed by atoms with Crippen molar-refractivity contribution in [1.29, 1.82) is 0 Å². The molecule has 1 fully saturated rings. The summed E-state index contributed by atoms with van der Waals surface area (Å²) in [6.07, 6.45) is 2.37. The van der Waals surface area contributed by atoms with Crippen molar-refractivity contribution in [3.05, 3.63) is 72.1 Å². The van der Waals surface area contributed by atoms with Gasteiger partial charge in [0.25, 0.3) is 5.91 Å². The van der Waals surface area contributed by atoms with Gasteiger partial charge in [-0.25, -0.2) is 8.78 Å². The molecule has 7 heteroatoms. The monoisotopic (exact) mass is 354 g/mol. The van der Waals surface area contributed by atoms with E-state index in [1.807, 2.05) is 34.9 Å². The lowest BCUT2D eigenvalue weighted by Gasteiger charge is -2.18. The van der Waals surface area contributed by atoms with E-state index in [1.54, 1.807) is 11.2 Å². The predicted octanol–water partition coefficient (Wildman–Crippen LogP) is 3.31. The minimum absolute atomic E-state index is 0.00710. The smallest absolute Gasteiger partial charge is 0.256 e. The average molecular weight is 354 g/mol. The van der Waals surface area contributed by atoms with Crippen LogP contribution in [0, 0.1) is 11.6 Å². The number of hydrogen-bond acceptors (Lipinski definition) is 3. The summed E-state index contributed by atoms with van der Waals surface area (Å²) in [6.45, 7) is 0.917. The van der Waals surface area contributed by atoms with Crippen LogP contribution in [0.5, 0.6) is 0 Å². The second-order valence-corrected chi connectivity index (χ2v) is 6.25. The molecule has 0 spiro atoms. The molecule has 1 aliphatic rings. The Bertz CT molecular complexity index is 942. The lowest BCUT2D eigenvalue weighted by Crippen LogP contribution is -2.30. The highest BCUT2D eigenvalue weighted by Crippen LogP contribution is 2.28. The molecule has 1 aromatic heterocycles. The Hall–Kier alpha value is -3.09. The van der Waals surface area contributed by atoms with Gasteiger partial charge in [0.15, 0.2) is 5.82 Å². The zero-order valence-corrected chi connectivity index (χ0v) is 13.8. The maximum Gasteiger partial charge on any atom is 0.256 e. The molecule has 1 saturated heterocycles. The second kappa shape index (κ2) is 6.67. The number of rotatable bonds is 3. The third-order valence-corrected chi connectivity index (χ3v) is 4.61. The molecule has 0 saturated carbocycles. The number of likely N-dealkylation sites (tertiary alicyclic amines) is 1. The van der Waals surface area contributed by atoms with Crippen LogP contribution in [0.25, 0.3) is 11.4 Å². The van der Waals surface area contributed by atoms with E-state index in [2.05, 4.69) is 10.2 Å². The maximum absolute atomic E-state index is 13.9. The van der Waals surface area contributed by atoms with Gasteiger partial charge >= 0.3 is 0 Å². The SMILES string of the molecule is O=C(c1ccc(F)cc1F)N1CC[C@H](n2cnnc2-c2ccccc2)C1. The van der Waals surface area contributed by atoms with Crippen molar-refractivity contribution in [2.75, 3.05) is 13.1 Å². The molecule has 0 radical (unpaired) electrons. The maximum atomic E-state index is 13.9. The summed E-state index contributed by atoms with van der Waals surface area (Å²) in [5.41, 5.74) is 0.832. The molecule has 0 bridgehead atoms. The number of halogens is 2. The summed E-state index contributed by atoms with van der Waals surface area (Å²) in [5, 5.41) is 8.19. The standard InChI is InChI=1S/C19H16F2N4O/c20-14-6-7-16(17(21)10-14)19(26)24-9-8-15(11-24)25-12-22-23-18(25)13-4-2-1-3-5-13/h1-7,10,12,15H,8-9,11H2/t15-/m0/s1. The van der Waals surface area contributed by atoms with Gasteiger partial charge in [0.05, 0.1) is 11.6 Å². The van der Waals surface area contributed by atoms with E-state index in [9.17, 15) is 13.6 Å². The van der Waals surface area contributed by atoms with E-state index in [1.165, 1.54) is 6.07 Å². The molecule has 1 amide bonds. The van der Waals surface area contributed by atoms with Gasteiger partial charge in [0.2, 0.25) is 0 Å². The Morgan fingerprint density at radius 1 is 1.12 bits per heavy atom. The number of carbonyl (C=O) groups is 1. The lowest BCUT2D eigenvalue weighted by molar-refractivity contribution is 0.0783. The van der Waals surface area contributed by atoms with Crippen LogP contribution >= 0.6 is 0 Å². The number of benzene rings is 2. The van der Waals surface area contributed by atoms with E-state index in [4.69, 9.17) is 0 Å². The Morgan fingerprint density at radius 3 is 2.69 bits per heavy atom. The molecule has 26 heavy (non-hydrogen) atoms. The molecule has 1 atom stereocenters. The highest BCUT2D eigenvalue weighted by atomic mass is 19.1. The molecular formula is C19H16F2N4O. The van der Waals surface area contributed by atoms with Crippen LogP contribution in [-0.2, 0) is 0 Å². The Morgan fingerprint density at radius 2 is 1.92 bits per heavy atom. The summed E-state index contributed by atoms with van der Waals surface area (Å²) < 4.78 is 28.9. The van der Waals surface area contributed by atoms with Crippen molar-refractivity contribution in [3.8, 4) is 11.4 Å². The Labute approximate surface area is 148 Å². The molecular weight excluding hydrogens is 338 g/mol. The van der Waals surface area contributed by atoms with Crippen LogP contribution in [0.2, 0.25) is 0 Å². The highest BCUT2D eigenvalue weighted by molar-refractivity contribution is 5.94. The summed E-state index contributed by atoms with van der Waals surface area (Å²) >= 11 is 0. The second-order valence-electron chi connectivity index (χ2n) is 6.25. The Balaban J connectivity index is 1.55. The van der Waals surface area contributed by atoms with Crippen molar-refractivity contribution < 1.29 is 13.6 Å². The van der Waals surface area contributed by atoms with E-state index >= 15 is 0 Å². The minimum Gasteiger partial charge on any atom is -0.336 e. The predicted molar refractivity (Wildman–Crippen MR) is 91.4 cm³/mol. The van der Waals surface area contributed by atoms with Crippen LogP contribution in [-0.4, -0.2) is 38.7 Å². The van der Waals surface area contributed by atoms with E-state index < -0.39 is 17.5 Å². The van der Waals surface area contributed by atoms with Gasteiger partial charge in [0, 0.05) is 24.7 Å². The zero-order chi connectivity index (χ0) is 18.1. The molecule has 0 N–H and O–H groups in total. The summed E-state index contributed by atoms with van der Waals surface area (Å²) in [4.78, 5) is 14.2. The molecule has 0 unspecified atom stereocenters. The van der Waals surface area contributed by atoms with Gasteiger partial charge in [-0.3, -0.25) is 4.79 Å².